The first-order valence-electron chi connectivity index (χ1n) is 11.4. The monoisotopic (exact) mass is 562 g/mol. The lowest BCUT2D eigenvalue weighted by atomic mass is 10.1. The van der Waals surface area contributed by atoms with Crippen molar-refractivity contribution < 1.29 is 17.9 Å². The Bertz CT molecular complexity index is 1510. The summed E-state index contributed by atoms with van der Waals surface area (Å²) in [6.45, 7) is 0.229. The van der Waals surface area contributed by atoms with Gasteiger partial charge in [-0.1, -0.05) is 54.6 Å². The highest BCUT2D eigenvalue weighted by Crippen LogP contribution is 2.33. The number of nitrogens with one attached hydrogen (secondary N) is 1. The number of carbonyl (C=O) groups excluding carboxylic acids is 1. The predicted octanol–water partition coefficient (Wildman–Crippen LogP) is 5.89. The van der Waals surface area contributed by atoms with Gasteiger partial charge in [0, 0.05) is 12.2 Å². The maximum Gasteiger partial charge on any atom is 0.264 e. The van der Waals surface area contributed by atoms with E-state index in [0.29, 0.717) is 24.4 Å². The molecule has 4 aromatic carbocycles. The van der Waals surface area contributed by atoms with Crippen LogP contribution in [0.5, 0.6) is 5.75 Å². The molecule has 5 rings (SSSR count). The van der Waals surface area contributed by atoms with Gasteiger partial charge in [-0.05, 0) is 81.5 Å². The number of ether oxygens (including phenoxy) is 1. The number of hydrogen-bond acceptors (Lipinski definition) is 4. The maximum absolute atomic E-state index is 13.2. The first-order valence-corrected chi connectivity index (χ1v) is 13.6. The van der Waals surface area contributed by atoms with Gasteiger partial charge in [0.1, 0.15) is 5.75 Å². The average Bonchev–Trinajstić information content (AvgIpc) is 3.34. The maximum atomic E-state index is 13.2. The van der Waals surface area contributed by atoms with Crippen molar-refractivity contribution in [2.24, 2.45) is 0 Å². The molecule has 4 aromatic rings. The smallest absolute Gasteiger partial charge is 0.264 e. The van der Waals surface area contributed by atoms with E-state index in [1.165, 1.54) is 16.4 Å². The van der Waals surface area contributed by atoms with E-state index < -0.39 is 10.0 Å². The Hall–Kier alpha value is -3.62. The van der Waals surface area contributed by atoms with Crippen LogP contribution in [0.15, 0.2) is 106 Å². The van der Waals surface area contributed by atoms with Gasteiger partial charge in [0.15, 0.2) is 6.61 Å². The number of para-hydroxylation sites is 1. The van der Waals surface area contributed by atoms with Gasteiger partial charge >= 0.3 is 0 Å². The molecule has 1 aliphatic rings. The molecule has 0 aromatic heterocycles. The highest BCUT2D eigenvalue weighted by molar-refractivity contribution is 9.10. The molecule has 0 unspecified atom stereocenters. The highest BCUT2D eigenvalue weighted by Gasteiger charge is 2.30. The van der Waals surface area contributed by atoms with Crippen LogP contribution in [-0.2, 0) is 21.2 Å². The van der Waals surface area contributed by atoms with Crippen LogP contribution in [0.1, 0.15) is 5.56 Å². The largest absolute Gasteiger partial charge is 0.483 e. The zero-order valence-electron chi connectivity index (χ0n) is 19.2. The molecule has 1 N–H and O–H groups in total. The number of carbonyl (C=O) groups is 1. The first kappa shape index (κ1) is 24.1. The number of halogens is 1. The third kappa shape index (κ3) is 5.01. The minimum Gasteiger partial charge on any atom is -0.483 e. The third-order valence-corrected chi connectivity index (χ3v) is 8.42. The number of nitrogens with zero attached hydrogens (tertiary/aromatic N) is 1. The summed E-state index contributed by atoms with van der Waals surface area (Å²) < 4.78 is 34.2. The summed E-state index contributed by atoms with van der Waals surface area (Å²) in [6, 6.07) is 29.4. The van der Waals surface area contributed by atoms with Crippen LogP contribution >= 0.6 is 15.9 Å². The molecule has 8 heteroatoms. The average molecular weight is 563 g/mol. The van der Waals surface area contributed by atoms with Gasteiger partial charge < -0.3 is 10.1 Å². The van der Waals surface area contributed by atoms with Gasteiger partial charge in [-0.3, -0.25) is 9.10 Å². The zero-order chi connectivity index (χ0) is 25.1. The van der Waals surface area contributed by atoms with Gasteiger partial charge in [-0.15, -0.1) is 0 Å². The SMILES string of the molecule is O=C(COc1ccc(-c2ccccc2)cc1Br)Nc1ccc(S(=O)(=O)N2CCc3ccccc32)cc1. The Morgan fingerprint density at radius 2 is 1.61 bits per heavy atom. The summed E-state index contributed by atoms with van der Waals surface area (Å²) in [6.07, 6.45) is 0.689. The van der Waals surface area contributed by atoms with Crippen LogP contribution < -0.4 is 14.4 Å². The number of benzene rings is 4. The molecule has 36 heavy (non-hydrogen) atoms. The van der Waals surface area contributed by atoms with Crippen molar-refractivity contribution in [3.8, 4) is 16.9 Å². The summed E-state index contributed by atoms with van der Waals surface area (Å²) in [7, 11) is -3.68. The molecule has 0 saturated heterocycles. The molecule has 0 saturated carbocycles. The van der Waals surface area contributed by atoms with Crippen molar-refractivity contribution in [1.29, 1.82) is 0 Å². The van der Waals surface area contributed by atoms with Crippen LogP contribution in [0.4, 0.5) is 11.4 Å². The Kier molecular flexibility index (Phi) is 6.80. The normalized spacial score (nSPS) is 12.8. The Labute approximate surface area is 218 Å². The molecule has 0 radical (unpaired) electrons. The lowest BCUT2D eigenvalue weighted by Gasteiger charge is -2.19. The van der Waals surface area contributed by atoms with Gasteiger partial charge in [0.05, 0.1) is 15.1 Å². The fourth-order valence-corrected chi connectivity index (χ4v) is 6.16. The molecule has 1 heterocycles. The highest BCUT2D eigenvalue weighted by atomic mass is 79.9. The molecule has 0 fully saturated rings. The van der Waals surface area contributed by atoms with E-state index in [1.54, 1.807) is 12.1 Å². The lowest BCUT2D eigenvalue weighted by Crippen LogP contribution is -2.29. The van der Waals surface area contributed by atoms with Crippen molar-refractivity contribution >= 4 is 43.2 Å². The molecule has 0 aliphatic carbocycles. The van der Waals surface area contributed by atoms with Crippen LogP contribution in [0.3, 0.4) is 0 Å². The van der Waals surface area contributed by atoms with E-state index in [1.807, 2.05) is 72.8 Å². The van der Waals surface area contributed by atoms with Crippen molar-refractivity contribution in [3.63, 3.8) is 0 Å². The molecule has 1 amide bonds. The Morgan fingerprint density at radius 1 is 0.889 bits per heavy atom. The summed E-state index contributed by atoms with van der Waals surface area (Å²) >= 11 is 3.51. The van der Waals surface area contributed by atoms with Gasteiger partial charge in [-0.2, -0.15) is 0 Å². The van der Waals surface area contributed by atoms with E-state index in [9.17, 15) is 13.2 Å². The molecular weight excluding hydrogens is 540 g/mol. The topological polar surface area (TPSA) is 75.7 Å². The lowest BCUT2D eigenvalue weighted by molar-refractivity contribution is -0.118. The minimum absolute atomic E-state index is 0.177. The number of rotatable bonds is 7. The summed E-state index contributed by atoms with van der Waals surface area (Å²) in [4.78, 5) is 12.6. The Morgan fingerprint density at radius 3 is 2.36 bits per heavy atom. The quantitative estimate of drug-likeness (QED) is 0.305. The Balaban J connectivity index is 1.20. The third-order valence-electron chi connectivity index (χ3n) is 5.97. The predicted molar refractivity (Wildman–Crippen MR) is 145 cm³/mol. The summed E-state index contributed by atoms with van der Waals surface area (Å²) in [5.41, 5.74) is 4.35. The second-order valence-corrected chi connectivity index (χ2v) is 11.0. The molecule has 0 bridgehead atoms. The molecule has 0 spiro atoms. The van der Waals surface area contributed by atoms with E-state index in [-0.39, 0.29) is 17.4 Å². The standard InChI is InChI=1S/C28H23BrN2O4S/c29-25-18-22(20-6-2-1-3-7-20)10-15-27(25)35-19-28(32)30-23-11-13-24(14-12-23)36(33,34)31-17-16-21-8-4-5-9-26(21)31/h1-15,18H,16-17,19H2,(H,30,32). The van der Waals surface area contributed by atoms with E-state index in [0.717, 1.165) is 26.9 Å². The zero-order valence-corrected chi connectivity index (χ0v) is 21.6. The van der Waals surface area contributed by atoms with E-state index in [2.05, 4.69) is 21.2 Å². The van der Waals surface area contributed by atoms with E-state index >= 15 is 0 Å². The van der Waals surface area contributed by atoms with Crippen molar-refractivity contribution in [3.05, 3.63) is 107 Å². The molecule has 6 nitrogen and oxygen atoms in total. The summed E-state index contributed by atoms with van der Waals surface area (Å²) in [5, 5.41) is 2.75. The van der Waals surface area contributed by atoms with Crippen LogP contribution in [0, 0.1) is 0 Å². The number of anilines is 2. The number of amides is 1. The van der Waals surface area contributed by atoms with Crippen molar-refractivity contribution in [2.45, 2.75) is 11.3 Å². The number of fused-ring (bicyclic) bond motifs is 1. The molecular formula is C28H23BrN2O4S. The molecule has 0 atom stereocenters. The minimum atomic E-state index is -3.68. The molecule has 182 valence electrons. The van der Waals surface area contributed by atoms with Crippen LogP contribution in [0.25, 0.3) is 11.1 Å². The first-order chi connectivity index (χ1) is 17.4. The number of sulfonamides is 1. The second-order valence-electron chi connectivity index (χ2n) is 8.33. The summed E-state index contributed by atoms with van der Waals surface area (Å²) in [5.74, 6) is 0.204. The van der Waals surface area contributed by atoms with Crippen molar-refractivity contribution in [2.75, 3.05) is 22.8 Å². The second kappa shape index (κ2) is 10.2. The van der Waals surface area contributed by atoms with Gasteiger partial charge in [-0.25, -0.2) is 8.42 Å². The van der Waals surface area contributed by atoms with Gasteiger partial charge in [0.25, 0.3) is 15.9 Å². The number of hydrogen-bond donors (Lipinski definition) is 1. The fourth-order valence-electron chi connectivity index (χ4n) is 4.16. The van der Waals surface area contributed by atoms with E-state index in [4.69, 9.17) is 4.74 Å². The van der Waals surface area contributed by atoms with Gasteiger partial charge in [0.2, 0.25) is 0 Å². The fraction of sp³-hybridized carbons (Fsp3) is 0.107. The van der Waals surface area contributed by atoms with Crippen molar-refractivity contribution in [1.82, 2.24) is 0 Å². The van der Waals surface area contributed by atoms with Crippen LogP contribution in [0.2, 0.25) is 0 Å². The molecule has 1 aliphatic heterocycles. The van der Waals surface area contributed by atoms with Crippen LogP contribution in [-0.4, -0.2) is 27.5 Å².